The number of ether oxygens (including phenoxy) is 3. The minimum atomic E-state index is -0.907. The van der Waals surface area contributed by atoms with Gasteiger partial charge in [0.2, 0.25) is 0 Å². The molecule has 6 heteroatoms. The van der Waals surface area contributed by atoms with Gasteiger partial charge in [0.05, 0.1) is 6.61 Å². The summed E-state index contributed by atoms with van der Waals surface area (Å²) in [5.41, 5.74) is 0. The predicted octanol–water partition coefficient (Wildman–Crippen LogP) is 0.600. The number of cyclic esters (lactones) is 1. The van der Waals surface area contributed by atoms with Crippen molar-refractivity contribution in [2.75, 3.05) is 13.2 Å². The molecule has 1 aliphatic heterocycles. The number of carbonyl (C=O) groups excluding carboxylic acids is 3. The summed E-state index contributed by atoms with van der Waals surface area (Å²) in [6.45, 7) is 3.51. The van der Waals surface area contributed by atoms with E-state index in [4.69, 9.17) is 14.2 Å². The third kappa shape index (κ3) is 3.87. The molecular weight excluding hydrogens is 240 g/mol. The van der Waals surface area contributed by atoms with Crippen LogP contribution in [0.2, 0.25) is 0 Å². The summed E-state index contributed by atoms with van der Waals surface area (Å²) in [5, 5.41) is 0. The molecule has 6 nitrogen and oxygen atoms in total. The highest BCUT2D eigenvalue weighted by molar-refractivity contribution is 5.96. The molecule has 1 fully saturated rings. The Balaban J connectivity index is 2.41. The smallest absolute Gasteiger partial charge is 0.330 e. The average Bonchev–Trinajstić information content (AvgIpc) is 2.69. The van der Waals surface area contributed by atoms with Crippen LogP contribution in [0.3, 0.4) is 0 Å². The van der Waals surface area contributed by atoms with Crippen LogP contribution in [-0.2, 0) is 28.6 Å². The van der Waals surface area contributed by atoms with Crippen molar-refractivity contribution in [3.05, 3.63) is 12.2 Å². The van der Waals surface area contributed by atoms with Crippen molar-refractivity contribution in [1.29, 1.82) is 0 Å². The third-order valence-corrected chi connectivity index (χ3v) is 2.35. The van der Waals surface area contributed by atoms with E-state index in [2.05, 4.69) is 0 Å². The maximum atomic E-state index is 11.4. The van der Waals surface area contributed by atoms with Crippen LogP contribution in [0.4, 0.5) is 0 Å². The Morgan fingerprint density at radius 3 is 2.78 bits per heavy atom. The van der Waals surface area contributed by atoms with Gasteiger partial charge >= 0.3 is 17.9 Å². The molecule has 1 aliphatic rings. The van der Waals surface area contributed by atoms with Crippen molar-refractivity contribution in [3.63, 3.8) is 0 Å². The zero-order chi connectivity index (χ0) is 13.5. The SMILES string of the molecule is C/C=C/C(=O)OCC1CC(C(=O)OCC)C(=O)O1. The minimum absolute atomic E-state index is 0.0508. The molecule has 0 spiro atoms. The molecule has 0 bridgehead atoms. The average molecular weight is 256 g/mol. The highest BCUT2D eigenvalue weighted by Crippen LogP contribution is 2.22. The molecule has 100 valence electrons. The van der Waals surface area contributed by atoms with Crippen LogP contribution < -0.4 is 0 Å². The van der Waals surface area contributed by atoms with Gasteiger partial charge in [-0.15, -0.1) is 0 Å². The van der Waals surface area contributed by atoms with Gasteiger partial charge < -0.3 is 14.2 Å². The highest BCUT2D eigenvalue weighted by atomic mass is 16.6. The summed E-state index contributed by atoms with van der Waals surface area (Å²) >= 11 is 0. The summed E-state index contributed by atoms with van der Waals surface area (Å²) < 4.78 is 14.5. The van der Waals surface area contributed by atoms with Crippen molar-refractivity contribution in [3.8, 4) is 0 Å². The van der Waals surface area contributed by atoms with Gasteiger partial charge in [0, 0.05) is 12.5 Å². The normalized spacial score (nSPS) is 22.9. The minimum Gasteiger partial charge on any atom is -0.465 e. The van der Waals surface area contributed by atoms with Gasteiger partial charge in [-0.25, -0.2) is 4.79 Å². The molecular formula is C12H16O6. The summed E-state index contributed by atoms with van der Waals surface area (Å²) in [7, 11) is 0. The predicted molar refractivity (Wildman–Crippen MR) is 60.4 cm³/mol. The van der Waals surface area contributed by atoms with Gasteiger partial charge in [0.1, 0.15) is 12.7 Å². The molecule has 0 aromatic heterocycles. The van der Waals surface area contributed by atoms with Crippen LogP contribution in [-0.4, -0.2) is 37.2 Å². The molecule has 0 radical (unpaired) electrons. The Kier molecular flexibility index (Phi) is 5.35. The topological polar surface area (TPSA) is 78.9 Å². The molecule has 0 aliphatic carbocycles. The first-order chi connectivity index (χ1) is 8.58. The monoisotopic (exact) mass is 256 g/mol. The van der Waals surface area contributed by atoms with Crippen molar-refractivity contribution >= 4 is 17.9 Å². The molecule has 18 heavy (non-hydrogen) atoms. The standard InChI is InChI=1S/C12H16O6/c1-3-5-10(13)17-7-8-6-9(12(15)18-8)11(14)16-4-2/h3,5,8-9H,4,6-7H2,1-2H3/b5-3+. The Labute approximate surface area is 105 Å². The van der Waals surface area contributed by atoms with Crippen molar-refractivity contribution in [2.24, 2.45) is 5.92 Å². The molecule has 1 saturated heterocycles. The fourth-order valence-electron chi connectivity index (χ4n) is 1.55. The third-order valence-electron chi connectivity index (χ3n) is 2.35. The Morgan fingerprint density at radius 2 is 2.17 bits per heavy atom. The van der Waals surface area contributed by atoms with Crippen LogP contribution >= 0.6 is 0 Å². The zero-order valence-corrected chi connectivity index (χ0v) is 10.4. The van der Waals surface area contributed by atoms with Crippen LogP contribution in [0.5, 0.6) is 0 Å². The Bertz CT molecular complexity index is 360. The van der Waals surface area contributed by atoms with Gasteiger partial charge in [-0.05, 0) is 13.8 Å². The first-order valence-electron chi connectivity index (χ1n) is 5.75. The van der Waals surface area contributed by atoms with Crippen molar-refractivity contribution in [1.82, 2.24) is 0 Å². The summed E-state index contributed by atoms with van der Waals surface area (Å²) in [5.74, 6) is -2.63. The van der Waals surface area contributed by atoms with E-state index in [1.807, 2.05) is 0 Å². The fraction of sp³-hybridized carbons (Fsp3) is 0.583. The van der Waals surface area contributed by atoms with Gasteiger partial charge in [-0.2, -0.15) is 0 Å². The maximum absolute atomic E-state index is 11.4. The Hall–Kier alpha value is -1.85. The van der Waals surface area contributed by atoms with Crippen LogP contribution in [0.1, 0.15) is 20.3 Å². The van der Waals surface area contributed by atoms with Crippen LogP contribution in [0.25, 0.3) is 0 Å². The van der Waals surface area contributed by atoms with E-state index in [0.717, 1.165) is 0 Å². The second-order valence-electron chi connectivity index (χ2n) is 3.73. The number of hydrogen-bond donors (Lipinski definition) is 0. The van der Waals surface area contributed by atoms with E-state index in [0.29, 0.717) is 0 Å². The lowest BCUT2D eigenvalue weighted by Crippen LogP contribution is -2.21. The quantitative estimate of drug-likeness (QED) is 0.310. The van der Waals surface area contributed by atoms with E-state index >= 15 is 0 Å². The second kappa shape index (κ2) is 6.78. The summed E-state index contributed by atoms with van der Waals surface area (Å²) in [6.07, 6.45) is 2.41. The fourth-order valence-corrected chi connectivity index (χ4v) is 1.55. The van der Waals surface area contributed by atoms with Crippen LogP contribution in [0, 0.1) is 5.92 Å². The van der Waals surface area contributed by atoms with Gasteiger partial charge in [0.25, 0.3) is 0 Å². The molecule has 1 heterocycles. The molecule has 2 unspecified atom stereocenters. The zero-order valence-electron chi connectivity index (χ0n) is 10.4. The number of hydrogen-bond acceptors (Lipinski definition) is 6. The maximum Gasteiger partial charge on any atom is 0.330 e. The van der Waals surface area contributed by atoms with E-state index < -0.39 is 29.9 Å². The molecule has 2 atom stereocenters. The first-order valence-corrected chi connectivity index (χ1v) is 5.75. The van der Waals surface area contributed by atoms with Crippen LogP contribution in [0.15, 0.2) is 12.2 Å². The lowest BCUT2D eigenvalue weighted by Gasteiger charge is -2.08. The largest absolute Gasteiger partial charge is 0.465 e. The molecule has 0 saturated carbocycles. The number of rotatable bonds is 5. The molecule has 0 aromatic carbocycles. The summed E-state index contributed by atoms with van der Waals surface area (Å²) in [4.78, 5) is 33.9. The lowest BCUT2D eigenvalue weighted by molar-refractivity contribution is -0.158. The van der Waals surface area contributed by atoms with Gasteiger partial charge in [-0.3, -0.25) is 9.59 Å². The first kappa shape index (κ1) is 14.2. The van der Waals surface area contributed by atoms with E-state index in [9.17, 15) is 14.4 Å². The highest BCUT2D eigenvalue weighted by Gasteiger charge is 2.40. The number of carbonyl (C=O) groups is 3. The second-order valence-corrected chi connectivity index (χ2v) is 3.73. The van der Waals surface area contributed by atoms with Gasteiger partial charge in [0.15, 0.2) is 5.92 Å². The number of allylic oxidation sites excluding steroid dienone is 1. The molecule has 1 rings (SSSR count). The lowest BCUT2D eigenvalue weighted by atomic mass is 10.1. The van der Waals surface area contributed by atoms with Crippen molar-refractivity contribution < 1.29 is 28.6 Å². The number of esters is 3. The summed E-state index contributed by atoms with van der Waals surface area (Å²) in [6, 6.07) is 0. The molecule has 0 aromatic rings. The Morgan fingerprint density at radius 1 is 1.44 bits per heavy atom. The van der Waals surface area contributed by atoms with E-state index in [-0.39, 0.29) is 19.6 Å². The van der Waals surface area contributed by atoms with Crippen molar-refractivity contribution in [2.45, 2.75) is 26.4 Å². The van der Waals surface area contributed by atoms with E-state index in [1.54, 1.807) is 19.9 Å². The van der Waals surface area contributed by atoms with E-state index in [1.165, 1.54) is 6.08 Å². The van der Waals surface area contributed by atoms with Gasteiger partial charge in [-0.1, -0.05) is 6.08 Å². The molecule has 0 amide bonds. The molecule has 0 N–H and O–H groups in total.